The predicted octanol–water partition coefficient (Wildman–Crippen LogP) is 2.84. The van der Waals surface area contributed by atoms with Crippen molar-refractivity contribution in [1.82, 2.24) is 0 Å². The van der Waals surface area contributed by atoms with E-state index in [4.69, 9.17) is 16.7 Å². The topological polar surface area (TPSA) is 89.3 Å². The first-order chi connectivity index (χ1) is 9.79. The Labute approximate surface area is 140 Å². The SMILES string of the molecule is NS(=O)(=O)c1ccc(NC(=O)c2ccccc2I)cc1Cl. The molecule has 0 saturated carbocycles. The van der Waals surface area contributed by atoms with Crippen molar-refractivity contribution in [3.05, 3.63) is 56.6 Å². The molecule has 0 aliphatic carbocycles. The van der Waals surface area contributed by atoms with Crippen LogP contribution in [0, 0.1) is 3.57 Å². The lowest BCUT2D eigenvalue weighted by Gasteiger charge is -2.08. The lowest BCUT2D eigenvalue weighted by molar-refractivity contribution is 0.102. The number of hydrogen-bond acceptors (Lipinski definition) is 3. The van der Waals surface area contributed by atoms with Gasteiger partial charge in [0.05, 0.1) is 10.6 Å². The van der Waals surface area contributed by atoms with Crippen molar-refractivity contribution >= 4 is 55.8 Å². The predicted molar refractivity (Wildman–Crippen MR) is 89.9 cm³/mol. The van der Waals surface area contributed by atoms with Crippen LogP contribution in [0.2, 0.25) is 5.02 Å². The van der Waals surface area contributed by atoms with Crippen LogP contribution in [0.3, 0.4) is 0 Å². The summed E-state index contributed by atoms with van der Waals surface area (Å²) in [4.78, 5) is 11.9. The minimum absolute atomic E-state index is 0.0435. The number of sulfonamides is 1. The van der Waals surface area contributed by atoms with Gasteiger partial charge in [0.1, 0.15) is 4.90 Å². The van der Waals surface area contributed by atoms with Gasteiger partial charge in [-0.1, -0.05) is 23.7 Å². The first kappa shape index (κ1) is 16.2. The van der Waals surface area contributed by atoms with Crippen LogP contribution in [0.4, 0.5) is 5.69 Å². The molecule has 0 aromatic heterocycles. The van der Waals surface area contributed by atoms with Crippen molar-refractivity contribution in [3.63, 3.8) is 0 Å². The summed E-state index contributed by atoms with van der Waals surface area (Å²) >= 11 is 7.92. The fraction of sp³-hybridized carbons (Fsp3) is 0. The highest BCUT2D eigenvalue weighted by Gasteiger charge is 2.15. The van der Waals surface area contributed by atoms with Gasteiger partial charge in [0.25, 0.3) is 5.91 Å². The van der Waals surface area contributed by atoms with Crippen molar-refractivity contribution in [1.29, 1.82) is 0 Å². The summed E-state index contributed by atoms with van der Waals surface area (Å²) in [6.45, 7) is 0. The van der Waals surface area contributed by atoms with Gasteiger partial charge in [-0.2, -0.15) is 0 Å². The Morgan fingerprint density at radius 1 is 1.19 bits per heavy atom. The maximum atomic E-state index is 12.1. The van der Waals surface area contributed by atoms with Crippen LogP contribution < -0.4 is 10.5 Å². The van der Waals surface area contributed by atoms with Gasteiger partial charge < -0.3 is 5.32 Å². The molecule has 110 valence electrons. The highest BCUT2D eigenvalue weighted by atomic mass is 127. The average Bonchev–Trinajstić information content (AvgIpc) is 2.37. The van der Waals surface area contributed by atoms with Crippen LogP contribution in [-0.2, 0) is 10.0 Å². The third kappa shape index (κ3) is 3.94. The molecule has 0 unspecified atom stereocenters. The van der Waals surface area contributed by atoms with Gasteiger partial charge in [-0.05, 0) is 52.9 Å². The normalized spacial score (nSPS) is 11.2. The molecule has 0 heterocycles. The monoisotopic (exact) mass is 436 g/mol. The van der Waals surface area contributed by atoms with Gasteiger partial charge >= 0.3 is 0 Å². The molecule has 0 fully saturated rings. The first-order valence-electron chi connectivity index (χ1n) is 5.67. The second-order valence-corrected chi connectivity index (χ2v) is 7.22. The standard InChI is InChI=1S/C13H10ClIN2O3S/c14-10-7-8(5-6-12(10)21(16,19)20)17-13(18)9-3-1-2-4-11(9)15/h1-7H,(H,17,18)(H2,16,19,20). The molecular formula is C13H10ClIN2O3S. The maximum absolute atomic E-state index is 12.1. The van der Waals surface area contributed by atoms with Crippen LogP contribution in [0.25, 0.3) is 0 Å². The molecule has 2 aromatic rings. The third-order valence-corrected chi connectivity index (χ3v) is 4.95. The summed E-state index contributed by atoms with van der Waals surface area (Å²) in [5.74, 6) is -0.306. The zero-order valence-electron chi connectivity index (χ0n) is 10.5. The van der Waals surface area contributed by atoms with E-state index in [0.29, 0.717) is 11.3 Å². The Morgan fingerprint density at radius 3 is 2.43 bits per heavy atom. The molecular weight excluding hydrogens is 427 g/mol. The third-order valence-electron chi connectivity index (χ3n) is 2.61. The summed E-state index contributed by atoms with van der Waals surface area (Å²) in [5.41, 5.74) is 0.904. The molecule has 21 heavy (non-hydrogen) atoms. The first-order valence-corrected chi connectivity index (χ1v) is 8.67. The highest BCUT2D eigenvalue weighted by Crippen LogP contribution is 2.24. The van der Waals surface area contributed by atoms with Gasteiger partial charge in [0, 0.05) is 9.26 Å². The van der Waals surface area contributed by atoms with Crippen LogP contribution in [0.1, 0.15) is 10.4 Å². The molecule has 0 aliphatic rings. The van der Waals surface area contributed by atoms with Gasteiger partial charge in [0.15, 0.2) is 0 Å². The van der Waals surface area contributed by atoms with Gasteiger partial charge in [-0.25, -0.2) is 13.6 Å². The summed E-state index contributed by atoms with van der Waals surface area (Å²) in [6.07, 6.45) is 0. The van der Waals surface area contributed by atoms with E-state index in [9.17, 15) is 13.2 Å². The molecule has 2 aromatic carbocycles. The van der Waals surface area contributed by atoms with E-state index in [1.165, 1.54) is 18.2 Å². The Hall–Kier alpha value is -1.16. The Bertz CT molecular complexity index is 809. The van der Waals surface area contributed by atoms with Crippen LogP contribution in [0.15, 0.2) is 47.4 Å². The van der Waals surface area contributed by atoms with Crippen LogP contribution >= 0.6 is 34.2 Å². The van der Waals surface area contributed by atoms with E-state index in [1.807, 2.05) is 12.1 Å². The second kappa shape index (κ2) is 6.30. The zero-order valence-corrected chi connectivity index (χ0v) is 14.2. The number of hydrogen-bond donors (Lipinski definition) is 2. The van der Waals surface area contributed by atoms with Crippen molar-refractivity contribution < 1.29 is 13.2 Å². The summed E-state index contributed by atoms with van der Waals surface area (Å²) in [5, 5.41) is 7.63. The minimum Gasteiger partial charge on any atom is -0.322 e. The number of carbonyl (C=O) groups excluding carboxylic acids is 1. The van der Waals surface area contributed by atoms with Crippen molar-refractivity contribution in [3.8, 4) is 0 Å². The largest absolute Gasteiger partial charge is 0.322 e. The lowest BCUT2D eigenvalue weighted by atomic mass is 10.2. The second-order valence-electron chi connectivity index (χ2n) is 4.12. The van der Waals surface area contributed by atoms with E-state index < -0.39 is 10.0 Å². The number of anilines is 1. The lowest BCUT2D eigenvalue weighted by Crippen LogP contribution is -2.15. The van der Waals surface area contributed by atoms with Gasteiger partial charge in [-0.3, -0.25) is 4.79 Å². The maximum Gasteiger partial charge on any atom is 0.256 e. The molecule has 0 saturated heterocycles. The quantitative estimate of drug-likeness (QED) is 0.725. The Morgan fingerprint density at radius 2 is 1.86 bits per heavy atom. The van der Waals surface area contributed by atoms with E-state index >= 15 is 0 Å². The number of amides is 1. The van der Waals surface area contributed by atoms with Crippen molar-refractivity contribution in [2.75, 3.05) is 5.32 Å². The molecule has 2 rings (SSSR count). The van der Waals surface area contributed by atoms with Crippen LogP contribution in [0.5, 0.6) is 0 Å². The summed E-state index contributed by atoms with van der Waals surface area (Å²) in [7, 11) is -3.88. The van der Waals surface area contributed by atoms with Gasteiger partial charge in [-0.15, -0.1) is 0 Å². The molecule has 8 heteroatoms. The van der Waals surface area contributed by atoms with Crippen LogP contribution in [-0.4, -0.2) is 14.3 Å². The Kier molecular flexibility index (Phi) is 4.87. The molecule has 5 nitrogen and oxygen atoms in total. The highest BCUT2D eigenvalue weighted by molar-refractivity contribution is 14.1. The molecule has 0 radical (unpaired) electrons. The molecule has 0 spiro atoms. The number of benzene rings is 2. The number of carbonyl (C=O) groups is 1. The van der Waals surface area contributed by atoms with E-state index in [0.717, 1.165) is 3.57 Å². The Balaban J connectivity index is 2.27. The molecule has 0 bridgehead atoms. The van der Waals surface area contributed by atoms with E-state index in [1.54, 1.807) is 12.1 Å². The molecule has 0 atom stereocenters. The zero-order chi connectivity index (χ0) is 15.6. The van der Waals surface area contributed by atoms with E-state index in [-0.39, 0.29) is 15.8 Å². The summed E-state index contributed by atoms with van der Waals surface area (Å²) < 4.78 is 23.3. The fourth-order valence-electron chi connectivity index (χ4n) is 1.65. The molecule has 1 amide bonds. The number of primary sulfonamides is 1. The number of nitrogens with two attached hydrogens (primary N) is 1. The fourth-order valence-corrected chi connectivity index (χ4v) is 3.38. The van der Waals surface area contributed by atoms with Gasteiger partial charge in [0.2, 0.25) is 10.0 Å². The number of rotatable bonds is 3. The van der Waals surface area contributed by atoms with Crippen molar-refractivity contribution in [2.45, 2.75) is 4.90 Å². The number of halogens is 2. The average molecular weight is 437 g/mol. The number of nitrogens with one attached hydrogen (secondary N) is 1. The molecule has 3 N–H and O–H groups in total. The minimum atomic E-state index is -3.88. The van der Waals surface area contributed by atoms with Crippen molar-refractivity contribution in [2.24, 2.45) is 5.14 Å². The molecule has 0 aliphatic heterocycles. The smallest absolute Gasteiger partial charge is 0.256 e. The van der Waals surface area contributed by atoms with E-state index in [2.05, 4.69) is 27.9 Å². The summed E-state index contributed by atoms with van der Waals surface area (Å²) in [6, 6.07) is 11.1.